The van der Waals surface area contributed by atoms with Gasteiger partial charge >= 0.3 is 0 Å². The molecule has 106 valence electrons. The van der Waals surface area contributed by atoms with Crippen molar-refractivity contribution in [1.29, 1.82) is 0 Å². The Labute approximate surface area is 116 Å². The van der Waals surface area contributed by atoms with Crippen molar-refractivity contribution in [2.75, 3.05) is 33.8 Å². The Hall–Kier alpha value is -1.06. The van der Waals surface area contributed by atoms with Crippen molar-refractivity contribution in [3.8, 4) is 5.75 Å². The molecule has 0 spiro atoms. The van der Waals surface area contributed by atoms with Crippen molar-refractivity contribution in [3.05, 3.63) is 29.3 Å². The summed E-state index contributed by atoms with van der Waals surface area (Å²) in [6.07, 6.45) is 3.40. The van der Waals surface area contributed by atoms with Crippen molar-refractivity contribution < 1.29 is 4.74 Å². The third-order valence-electron chi connectivity index (χ3n) is 4.14. The van der Waals surface area contributed by atoms with Crippen molar-refractivity contribution >= 4 is 0 Å². The zero-order valence-electron chi connectivity index (χ0n) is 12.4. The molecular formula is C16H26N2O. The summed E-state index contributed by atoms with van der Waals surface area (Å²) in [5, 5.41) is 3.48. The predicted octanol–water partition coefficient (Wildman–Crippen LogP) is 2.09. The van der Waals surface area contributed by atoms with Gasteiger partial charge in [0.25, 0.3) is 0 Å². The fourth-order valence-corrected chi connectivity index (χ4v) is 2.78. The molecule has 1 heterocycles. The molecule has 0 amide bonds. The van der Waals surface area contributed by atoms with Crippen LogP contribution < -0.4 is 10.1 Å². The molecule has 0 saturated carbocycles. The lowest BCUT2D eigenvalue weighted by Crippen LogP contribution is -2.49. The normalized spacial score (nSPS) is 20.5. The first kappa shape index (κ1) is 14.4. The number of nitrogens with zero attached hydrogens (tertiary/aromatic N) is 1. The number of methoxy groups -OCH3 is 1. The van der Waals surface area contributed by atoms with Crippen LogP contribution in [0.1, 0.15) is 24.5 Å². The van der Waals surface area contributed by atoms with Crippen molar-refractivity contribution in [3.63, 3.8) is 0 Å². The molecular weight excluding hydrogens is 236 g/mol. The van der Waals surface area contributed by atoms with Gasteiger partial charge in [0.05, 0.1) is 7.11 Å². The van der Waals surface area contributed by atoms with Gasteiger partial charge in [-0.25, -0.2) is 0 Å². The highest BCUT2D eigenvalue weighted by Crippen LogP contribution is 2.21. The number of hydrogen-bond donors (Lipinski definition) is 1. The molecule has 3 heteroatoms. The SMILES string of the molecule is CCc1cc(CCC2CNCCN2C)ccc1OC. The van der Waals surface area contributed by atoms with Gasteiger partial charge in [0, 0.05) is 25.7 Å². The van der Waals surface area contributed by atoms with E-state index in [-0.39, 0.29) is 0 Å². The lowest BCUT2D eigenvalue weighted by Gasteiger charge is -2.33. The Balaban J connectivity index is 1.95. The monoisotopic (exact) mass is 262 g/mol. The van der Waals surface area contributed by atoms with Gasteiger partial charge in [0.15, 0.2) is 0 Å². The van der Waals surface area contributed by atoms with Gasteiger partial charge in [-0.15, -0.1) is 0 Å². The minimum absolute atomic E-state index is 0.668. The molecule has 0 radical (unpaired) electrons. The van der Waals surface area contributed by atoms with Crippen LogP contribution in [0.15, 0.2) is 18.2 Å². The molecule has 1 aromatic carbocycles. The number of nitrogens with one attached hydrogen (secondary N) is 1. The predicted molar refractivity (Wildman–Crippen MR) is 80.0 cm³/mol. The Morgan fingerprint density at radius 3 is 2.95 bits per heavy atom. The van der Waals surface area contributed by atoms with Crippen molar-refractivity contribution in [1.82, 2.24) is 10.2 Å². The fourth-order valence-electron chi connectivity index (χ4n) is 2.78. The summed E-state index contributed by atoms with van der Waals surface area (Å²) in [4.78, 5) is 2.47. The summed E-state index contributed by atoms with van der Waals surface area (Å²) in [5.41, 5.74) is 2.74. The van der Waals surface area contributed by atoms with Gasteiger partial charge < -0.3 is 15.0 Å². The molecule has 2 rings (SSSR count). The quantitative estimate of drug-likeness (QED) is 0.879. The molecule has 1 unspecified atom stereocenters. The number of likely N-dealkylation sites (N-methyl/N-ethyl adjacent to an activating group) is 1. The van der Waals surface area contributed by atoms with Gasteiger partial charge in [0.2, 0.25) is 0 Å². The summed E-state index contributed by atoms with van der Waals surface area (Å²) in [6.45, 7) is 5.58. The topological polar surface area (TPSA) is 24.5 Å². The van der Waals surface area contributed by atoms with Gasteiger partial charge in [-0.2, -0.15) is 0 Å². The zero-order chi connectivity index (χ0) is 13.7. The van der Waals surface area contributed by atoms with Crippen LogP contribution in [0.25, 0.3) is 0 Å². The van der Waals surface area contributed by atoms with E-state index >= 15 is 0 Å². The standard InChI is InChI=1S/C16H26N2O/c1-4-14-11-13(6-8-16(14)19-3)5-7-15-12-17-9-10-18(15)2/h6,8,11,15,17H,4-5,7,9-10,12H2,1-3H3. The van der Waals surface area contributed by atoms with Gasteiger partial charge in [-0.3, -0.25) is 0 Å². The molecule has 0 aliphatic carbocycles. The molecule has 1 saturated heterocycles. The molecule has 3 nitrogen and oxygen atoms in total. The van der Waals surface area contributed by atoms with E-state index in [9.17, 15) is 0 Å². The van der Waals surface area contributed by atoms with E-state index in [0.717, 1.165) is 38.2 Å². The van der Waals surface area contributed by atoms with Crippen molar-refractivity contribution in [2.24, 2.45) is 0 Å². The minimum Gasteiger partial charge on any atom is -0.496 e. The highest BCUT2D eigenvalue weighted by Gasteiger charge is 2.18. The second-order valence-electron chi connectivity index (χ2n) is 5.38. The van der Waals surface area contributed by atoms with E-state index in [0.29, 0.717) is 6.04 Å². The van der Waals surface area contributed by atoms with Crippen LogP contribution >= 0.6 is 0 Å². The maximum atomic E-state index is 5.38. The first-order valence-electron chi connectivity index (χ1n) is 7.31. The summed E-state index contributed by atoms with van der Waals surface area (Å²) in [5.74, 6) is 1.02. The first-order chi connectivity index (χ1) is 9.24. The summed E-state index contributed by atoms with van der Waals surface area (Å²) >= 11 is 0. The molecule has 1 aromatic rings. The summed E-state index contributed by atoms with van der Waals surface area (Å²) < 4.78 is 5.38. The van der Waals surface area contributed by atoms with E-state index in [1.165, 1.54) is 17.5 Å². The second kappa shape index (κ2) is 6.92. The maximum Gasteiger partial charge on any atom is 0.122 e. The van der Waals surface area contributed by atoms with Gasteiger partial charge in [-0.05, 0) is 43.5 Å². The first-order valence-corrected chi connectivity index (χ1v) is 7.31. The fraction of sp³-hybridized carbons (Fsp3) is 0.625. The lowest BCUT2D eigenvalue weighted by molar-refractivity contribution is 0.191. The number of hydrogen-bond acceptors (Lipinski definition) is 3. The van der Waals surface area contributed by atoms with E-state index in [1.54, 1.807) is 7.11 Å². The number of piperazine rings is 1. The molecule has 19 heavy (non-hydrogen) atoms. The van der Waals surface area contributed by atoms with Crippen LogP contribution in [0.5, 0.6) is 5.75 Å². The van der Waals surface area contributed by atoms with Gasteiger partial charge in [0.1, 0.15) is 5.75 Å². The Morgan fingerprint density at radius 2 is 2.26 bits per heavy atom. The smallest absolute Gasteiger partial charge is 0.122 e. The third-order valence-corrected chi connectivity index (χ3v) is 4.14. The van der Waals surface area contributed by atoms with E-state index in [2.05, 4.69) is 42.4 Å². The second-order valence-corrected chi connectivity index (χ2v) is 5.38. The largest absolute Gasteiger partial charge is 0.496 e. The summed E-state index contributed by atoms with van der Waals surface area (Å²) in [7, 11) is 3.98. The highest BCUT2D eigenvalue weighted by atomic mass is 16.5. The van der Waals surface area contributed by atoms with Crippen LogP contribution in [0, 0.1) is 0 Å². The average molecular weight is 262 g/mol. The van der Waals surface area contributed by atoms with E-state index < -0.39 is 0 Å². The zero-order valence-corrected chi connectivity index (χ0v) is 12.4. The molecule has 1 aliphatic rings. The maximum absolute atomic E-state index is 5.38. The lowest BCUT2D eigenvalue weighted by atomic mass is 10.00. The molecule has 0 bridgehead atoms. The van der Waals surface area contributed by atoms with Crippen LogP contribution in [-0.4, -0.2) is 44.7 Å². The Bertz CT molecular complexity index is 406. The number of aryl methyl sites for hydroxylation is 2. The number of ether oxygens (including phenoxy) is 1. The Kier molecular flexibility index (Phi) is 5.23. The van der Waals surface area contributed by atoms with Crippen LogP contribution in [0.3, 0.4) is 0 Å². The molecule has 1 atom stereocenters. The minimum atomic E-state index is 0.668. The van der Waals surface area contributed by atoms with Crippen molar-refractivity contribution in [2.45, 2.75) is 32.2 Å². The van der Waals surface area contributed by atoms with E-state index in [1.807, 2.05) is 0 Å². The molecule has 0 aromatic heterocycles. The van der Waals surface area contributed by atoms with Gasteiger partial charge in [-0.1, -0.05) is 19.1 Å². The van der Waals surface area contributed by atoms with Crippen LogP contribution in [-0.2, 0) is 12.8 Å². The summed E-state index contributed by atoms with van der Waals surface area (Å²) in [6, 6.07) is 7.28. The Morgan fingerprint density at radius 1 is 1.42 bits per heavy atom. The highest BCUT2D eigenvalue weighted by molar-refractivity contribution is 5.37. The van der Waals surface area contributed by atoms with E-state index in [4.69, 9.17) is 4.74 Å². The average Bonchev–Trinajstić information content (AvgIpc) is 2.46. The number of rotatable bonds is 5. The molecule has 1 aliphatic heterocycles. The molecule has 1 fully saturated rings. The third kappa shape index (κ3) is 3.71. The molecule has 1 N–H and O–H groups in total. The van der Waals surface area contributed by atoms with Crippen LogP contribution in [0.4, 0.5) is 0 Å². The number of benzene rings is 1. The van der Waals surface area contributed by atoms with Crippen LogP contribution in [0.2, 0.25) is 0 Å².